The van der Waals surface area contributed by atoms with Crippen molar-refractivity contribution in [3.8, 4) is 0 Å². The van der Waals surface area contributed by atoms with Crippen LogP contribution in [0.25, 0.3) is 0 Å². The van der Waals surface area contributed by atoms with Crippen molar-refractivity contribution < 1.29 is 0 Å². The molecule has 0 heterocycles. The van der Waals surface area contributed by atoms with Crippen molar-refractivity contribution >= 4 is 0 Å². The Morgan fingerprint density at radius 3 is 1.59 bits per heavy atom. The van der Waals surface area contributed by atoms with Gasteiger partial charge in [0.25, 0.3) is 0 Å². The Labute approximate surface area is 110 Å². The molecule has 0 rings (SSSR count). The van der Waals surface area contributed by atoms with Crippen molar-refractivity contribution in [3.63, 3.8) is 0 Å². The molecule has 1 heteroatoms. The van der Waals surface area contributed by atoms with E-state index in [1.165, 1.54) is 77.2 Å². The summed E-state index contributed by atoms with van der Waals surface area (Å²) in [6.07, 6.45) is 15.7. The number of hydrogen-bond donors (Lipinski definition) is 1. The quantitative estimate of drug-likeness (QED) is 0.440. The summed E-state index contributed by atoms with van der Waals surface area (Å²) in [6.45, 7) is 5.80. The van der Waals surface area contributed by atoms with Gasteiger partial charge in [0.1, 0.15) is 0 Å². The van der Waals surface area contributed by atoms with E-state index in [0.29, 0.717) is 0 Å². The number of rotatable bonds is 13. The fourth-order valence-corrected chi connectivity index (χ4v) is 2.53. The minimum Gasteiger partial charge on any atom is -0.320 e. The van der Waals surface area contributed by atoms with Crippen LogP contribution in [-0.2, 0) is 0 Å². The molecule has 0 atom stereocenters. The zero-order chi connectivity index (χ0) is 12.8. The summed E-state index contributed by atoms with van der Waals surface area (Å²) in [7, 11) is 2.06. The lowest BCUT2D eigenvalue weighted by atomic mass is 9.90. The molecular formula is C16H35N. The first kappa shape index (κ1) is 17.0. The van der Waals surface area contributed by atoms with E-state index in [4.69, 9.17) is 0 Å². The van der Waals surface area contributed by atoms with Crippen LogP contribution in [0.1, 0.15) is 84.5 Å². The molecule has 0 saturated heterocycles. The van der Waals surface area contributed by atoms with Gasteiger partial charge in [-0.3, -0.25) is 0 Å². The van der Waals surface area contributed by atoms with Crippen LogP contribution in [0.15, 0.2) is 0 Å². The highest BCUT2D eigenvalue weighted by atomic mass is 14.8. The number of hydrogen-bond acceptors (Lipinski definition) is 1. The lowest BCUT2D eigenvalue weighted by molar-refractivity contribution is 0.372. The normalized spacial score (nSPS) is 11.3. The average Bonchev–Trinajstić information content (AvgIpc) is 2.34. The summed E-state index contributed by atoms with van der Waals surface area (Å²) in [4.78, 5) is 0. The molecule has 17 heavy (non-hydrogen) atoms. The molecule has 0 saturated carbocycles. The SMILES string of the molecule is CCCCCC(CCCCC)CCCCNC. The molecule has 0 aromatic heterocycles. The second-order valence-corrected chi connectivity index (χ2v) is 5.46. The van der Waals surface area contributed by atoms with Gasteiger partial charge in [0, 0.05) is 0 Å². The summed E-state index contributed by atoms with van der Waals surface area (Å²) >= 11 is 0. The summed E-state index contributed by atoms with van der Waals surface area (Å²) in [5.74, 6) is 1.02. The van der Waals surface area contributed by atoms with E-state index >= 15 is 0 Å². The molecule has 0 radical (unpaired) electrons. The number of unbranched alkanes of at least 4 members (excludes halogenated alkanes) is 5. The Morgan fingerprint density at radius 1 is 0.706 bits per heavy atom. The second-order valence-electron chi connectivity index (χ2n) is 5.46. The zero-order valence-electron chi connectivity index (χ0n) is 12.6. The Morgan fingerprint density at radius 2 is 1.18 bits per heavy atom. The molecule has 0 aliphatic rings. The van der Waals surface area contributed by atoms with Crippen molar-refractivity contribution in [2.24, 2.45) is 5.92 Å². The van der Waals surface area contributed by atoms with Crippen LogP contribution in [0, 0.1) is 5.92 Å². The van der Waals surface area contributed by atoms with Crippen molar-refractivity contribution in [2.45, 2.75) is 84.5 Å². The van der Waals surface area contributed by atoms with Gasteiger partial charge in [-0.2, -0.15) is 0 Å². The first-order chi connectivity index (χ1) is 8.35. The van der Waals surface area contributed by atoms with Gasteiger partial charge in [-0.1, -0.05) is 78.1 Å². The summed E-state index contributed by atoms with van der Waals surface area (Å²) in [6, 6.07) is 0. The summed E-state index contributed by atoms with van der Waals surface area (Å²) < 4.78 is 0. The van der Waals surface area contributed by atoms with Crippen LogP contribution in [-0.4, -0.2) is 13.6 Å². The van der Waals surface area contributed by atoms with Crippen LogP contribution in [0.2, 0.25) is 0 Å². The minimum atomic E-state index is 1.02. The van der Waals surface area contributed by atoms with Crippen LogP contribution in [0.3, 0.4) is 0 Å². The first-order valence-electron chi connectivity index (χ1n) is 7.99. The third kappa shape index (κ3) is 12.2. The van der Waals surface area contributed by atoms with Gasteiger partial charge < -0.3 is 5.32 Å². The molecule has 0 aliphatic carbocycles. The molecule has 104 valence electrons. The third-order valence-electron chi connectivity index (χ3n) is 3.72. The summed E-state index contributed by atoms with van der Waals surface area (Å²) in [5.41, 5.74) is 0. The standard InChI is InChI=1S/C16H35N/c1-4-6-8-12-16(13-9-7-5-2)14-10-11-15-17-3/h16-17H,4-15H2,1-3H3. The molecule has 0 aliphatic heterocycles. The molecule has 0 amide bonds. The fourth-order valence-electron chi connectivity index (χ4n) is 2.53. The Hall–Kier alpha value is -0.0400. The fraction of sp³-hybridized carbons (Fsp3) is 1.00. The third-order valence-corrected chi connectivity index (χ3v) is 3.72. The van der Waals surface area contributed by atoms with Crippen molar-refractivity contribution in [1.29, 1.82) is 0 Å². The first-order valence-corrected chi connectivity index (χ1v) is 7.99. The van der Waals surface area contributed by atoms with Gasteiger partial charge in [0.05, 0.1) is 0 Å². The van der Waals surface area contributed by atoms with E-state index in [2.05, 4.69) is 26.2 Å². The van der Waals surface area contributed by atoms with Crippen molar-refractivity contribution in [3.05, 3.63) is 0 Å². The molecule has 0 unspecified atom stereocenters. The lowest BCUT2D eigenvalue weighted by Gasteiger charge is -2.16. The lowest BCUT2D eigenvalue weighted by Crippen LogP contribution is -2.08. The zero-order valence-corrected chi connectivity index (χ0v) is 12.6. The Bertz CT molecular complexity index is 123. The molecule has 0 fully saturated rings. The van der Waals surface area contributed by atoms with E-state index < -0.39 is 0 Å². The molecule has 1 nitrogen and oxygen atoms in total. The van der Waals surface area contributed by atoms with Gasteiger partial charge in [-0.25, -0.2) is 0 Å². The molecule has 0 aromatic carbocycles. The molecule has 1 N–H and O–H groups in total. The maximum atomic E-state index is 3.25. The predicted molar refractivity (Wildman–Crippen MR) is 79.6 cm³/mol. The summed E-state index contributed by atoms with van der Waals surface area (Å²) in [5, 5.41) is 3.25. The van der Waals surface area contributed by atoms with Crippen molar-refractivity contribution in [1.82, 2.24) is 5.32 Å². The van der Waals surface area contributed by atoms with E-state index in [9.17, 15) is 0 Å². The Balaban J connectivity index is 3.60. The predicted octanol–water partition coefficient (Wildman–Crippen LogP) is 5.15. The largest absolute Gasteiger partial charge is 0.320 e. The van der Waals surface area contributed by atoms with E-state index in [0.717, 1.165) is 5.92 Å². The van der Waals surface area contributed by atoms with Gasteiger partial charge in [-0.15, -0.1) is 0 Å². The number of nitrogens with one attached hydrogen (secondary N) is 1. The monoisotopic (exact) mass is 241 g/mol. The van der Waals surface area contributed by atoms with Crippen LogP contribution >= 0.6 is 0 Å². The average molecular weight is 241 g/mol. The van der Waals surface area contributed by atoms with E-state index in [1.54, 1.807) is 0 Å². The van der Waals surface area contributed by atoms with Crippen LogP contribution < -0.4 is 5.32 Å². The topological polar surface area (TPSA) is 12.0 Å². The van der Waals surface area contributed by atoms with Gasteiger partial charge in [0.2, 0.25) is 0 Å². The molecule has 0 spiro atoms. The van der Waals surface area contributed by atoms with Gasteiger partial charge in [0.15, 0.2) is 0 Å². The van der Waals surface area contributed by atoms with E-state index in [-0.39, 0.29) is 0 Å². The Kier molecular flexibility index (Phi) is 14.0. The van der Waals surface area contributed by atoms with E-state index in [1.807, 2.05) is 0 Å². The van der Waals surface area contributed by atoms with Gasteiger partial charge >= 0.3 is 0 Å². The minimum absolute atomic E-state index is 1.02. The molecular weight excluding hydrogens is 206 g/mol. The highest BCUT2D eigenvalue weighted by Crippen LogP contribution is 2.22. The van der Waals surface area contributed by atoms with Crippen LogP contribution in [0.5, 0.6) is 0 Å². The van der Waals surface area contributed by atoms with Crippen molar-refractivity contribution in [2.75, 3.05) is 13.6 Å². The maximum Gasteiger partial charge on any atom is -0.00519 e. The highest BCUT2D eigenvalue weighted by molar-refractivity contribution is 4.61. The molecule has 0 bridgehead atoms. The maximum absolute atomic E-state index is 3.25. The van der Waals surface area contributed by atoms with Crippen LogP contribution in [0.4, 0.5) is 0 Å². The second kappa shape index (κ2) is 14.0. The smallest absolute Gasteiger partial charge is 0.00519 e. The highest BCUT2D eigenvalue weighted by Gasteiger charge is 2.07. The van der Waals surface area contributed by atoms with Gasteiger partial charge in [-0.05, 0) is 25.9 Å². The molecule has 0 aromatic rings.